The van der Waals surface area contributed by atoms with Crippen molar-refractivity contribution in [3.8, 4) is 0 Å². The molecule has 30 heavy (non-hydrogen) atoms. The summed E-state index contributed by atoms with van der Waals surface area (Å²) in [5.41, 5.74) is 0.200. The molecule has 1 aromatic rings. The summed E-state index contributed by atoms with van der Waals surface area (Å²) >= 11 is 1.72. The van der Waals surface area contributed by atoms with Gasteiger partial charge in [0.1, 0.15) is 10.6 Å². The Kier molecular flexibility index (Phi) is 6.07. The van der Waals surface area contributed by atoms with Gasteiger partial charge >= 0.3 is 11.8 Å². The standard InChI is InChI=1S/C18H25N5O5S2/c24-16(20-13-1-2-13)18(26)22-5-3-21(4-6-22)17(25)15-11-14(12-19-15)30(27,28)23-7-9-29-10-8-23/h11-13,19H,1-10H2,(H,20,24). The van der Waals surface area contributed by atoms with Gasteiger partial charge < -0.3 is 20.1 Å². The lowest BCUT2D eigenvalue weighted by Gasteiger charge is -2.34. The molecule has 0 atom stereocenters. The van der Waals surface area contributed by atoms with Crippen molar-refractivity contribution in [2.24, 2.45) is 0 Å². The third kappa shape index (κ3) is 4.49. The van der Waals surface area contributed by atoms with Gasteiger partial charge in [0.25, 0.3) is 5.91 Å². The van der Waals surface area contributed by atoms with Gasteiger partial charge in [0.2, 0.25) is 10.0 Å². The maximum atomic E-state index is 12.8. The number of aromatic amines is 1. The van der Waals surface area contributed by atoms with Gasteiger partial charge in [0.05, 0.1) is 0 Å². The molecule has 3 heterocycles. The normalized spacial score (nSPS) is 20.8. The Labute approximate surface area is 179 Å². The highest BCUT2D eigenvalue weighted by Gasteiger charge is 2.33. The molecule has 0 radical (unpaired) electrons. The van der Waals surface area contributed by atoms with Crippen LogP contribution >= 0.6 is 11.8 Å². The predicted molar refractivity (Wildman–Crippen MR) is 111 cm³/mol. The number of hydrogen-bond acceptors (Lipinski definition) is 6. The van der Waals surface area contributed by atoms with E-state index in [9.17, 15) is 22.8 Å². The van der Waals surface area contributed by atoms with Gasteiger partial charge in [0, 0.05) is 63.0 Å². The number of carbonyl (C=O) groups is 3. The lowest BCUT2D eigenvalue weighted by Crippen LogP contribution is -2.54. The number of sulfonamides is 1. The van der Waals surface area contributed by atoms with Crippen LogP contribution in [0.15, 0.2) is 17.2 Å². The number of nitrogens with one attached hydrogen (secondary N) is 2. The second-order valence-electron chi connectivity index (χ2n) is 7.60. The molecule has 10 nitrogen and oxygen atoms in total. The Morgan fingerprint density at radius 3 is 2.27 bits per heavy atom. The highest BCUT2D eigenvalue weighted by molar-refractivity contribution is 7.99. The zero-order valence-corrected chi connectivity index (χ0v) is 18.1. The molecule has 12 heteroatoms. The molecule has 1 saturated carbocycles. The molecule has 3 amide bonds. The lowest BCUT2D eigenvalue weighted by atomic mass is 10.2. The first kappa shape index (κ1) is 21.2. The summed E-state index contributed by atoms with van der Waals surface area (Å²) in [7, 11) is -3.62. The largest absolute Gasteiger partial charge is 0.356 e. The maximum Gasteiger partial charge on any atom is 0.312 e. The molecule has 3 aliphatic rings. The van der Waals surface area contributed by atoms with Gasteiger partial charge in [0.15, 0.2) is 0 Å². The average Bonchev–Trinajstić information content (AvgIpc) is 3.43. The number of rotatable bonds is 4. The highest BCUT2D eigenvalue weighted by Crippen LogP contribution is 2.22. The third-order valence-corrected chi connectivity index (χ3v) is 8.27. The van der Waals surface area contributed by atoms with Crippen LogP contribution in [0.2, 0.25) is 0 Å². The van der Waals surface area contributed by atoms with Gasteiger partial charge in [-0.2, -0.15) is 16.1 Å². The fourth-order valence-electron chi connectivity index (χ4n) is 3.48. The molecule has 1 aromatic heterocycles. The van der Waals surface area contributed by atoms with E-state index >= 15 is 0 Å². The molecule has 0 spiro atoms. The Balaban J connectivity index is 1.34. The minimum atomic E-state index is -3.62. The summed E-state index contributed by atoms with van der Waals surface area (Å²) < 4.78 is 26.9. The first-order valence-corrected chi connectivity index (χ1v) is 12.6. The predicted octanol–water partition coefficient (Wildman–Crippen LogP) is -0.685. The molecule has 2 N–H and O–H groups in total. The molecule has 0 aromatic carbocycles. The second kappa shape index (κ2) is 8.60. The smallest absolute Gasteiger partial charge is 0.312 e. The van der Waals surface area contributed by atoms with Crippen molar-refractivity contribution in [1.82, 2.24) is 24.4 Å². The summed E-state index contributed by atoms with van der Waals surface area (Å²) in [6.07, 6.45) is 3.17. The molecule has 2 saturated heterocycles. The van der Waals surface area contributed by atoms with Gasteiger partial charge in [-0.1, -0.05) is 0 Å². The van der Waals surface area contributed by atoms with Gasteiger partial charge in [-0.15, -0.1) is 0 Å². The number of hydrogen-bond donors (Lipinski definition) is 2. The molecular formula is C18H25N5O5S2. The fourth-order valence-corrected chi connectivity index (χ4v) is 6.05. The van der Waals surface area contributed by atoms with Crippen LogP contribution in [0.3, 0.4) is 0 Å². The maximum absolute atomic E-state index is 12.8. The van der Waals surface area contributed by atoms with Crippen LogP contribution in [0.4, 0.5) is 0 Å². The number of aromatic nitrogens is 1. The first-order valence-electron chi connectivity index (χ1n) is 10.0. The summed E-state index contributed by atoms with van der Waals surface area (Å²) in [6.45, 7) is 2.02. The van der Waals surface area contributed by atoms with Crippen molar-refractivity contribution in [2.45, 2.75) is 23.8 Å². The van der Waals surface area contributed by atoms with Crippen molar-refractivity contribution in [2.75, 3.05) is 50.8 Å². The molecule has 2 aliphatic heterocycles. The molecule has 164 valence electrons. The average molecular weight is 456 g/mol. The van der Waals surface area contributed by atoms with Crippen LogP contribution in [0, 0.1) is 0 Å². The Bertz CT molecular complexity index is 929. The number of H-pyrrole nitrogens is 1. The summed E-state index contributed by atoms with van der Waals surface area (Å²) in [5.74, 6) is 0.0450. The van der Waals surface area contributed by atoms with Crippen LogP contribution in [-0.2, 0) is 19.6 Å². The van der Waals surface area contributed by atoms with Gasteiger partial charge in [-0.05, 0) is 18.9 Å². The van der Waals surface area contributed by atoms with Crippen LogP contribution < -0.4 is 5.32 Å². The second-order valence-corrected chi connectivity index (χ2v) is 10.8. The summed E-state index contributed by atoms with van der Waals surface area (Å²) in [5, 5.41) is 2.68. The third-order valence-electron chi connectivity index (χ3n) is 5.46. The van der Waals surface area contributed by atoms with E-state index in [0.29, 0.717) is 13.1 Å². The zero-order valence-electron chi connectivity index (χ0n) is 16.5. The molecule has 3 fully saturated rings. The minimum Gasteiger partial charge on any atom is -0.356 e. The SMILES string of the molecule is O=C(NC1CC1)C(=O)N1CCN(C(=O)c2cc(S(=O)(=O)N3CCSCC3)c[nH]2)CC1. The van der Waals surface area contributed by atoms with Gasteiger partial charge in [-0.3, -0.25) is 14.4 Å². The van der Waals surface area contributed by atoms with Crippen LogP contribution in [0.1, 0.15) is 23.3 Å². The summed E-state index contributed by atoms with van der Waals surface area (Å²) in [6, 6.07) is 1.49. The van der Waals surface area contributed by atoms with E-state index in [1.807, 2.05) is 0 Å². The van der Waals surface area contributed by atoms with E-state index in [2.05, 4.69) is 10.3 Å². The number of thioether (sulfide) groups is 1. The Morgan fingerprint density at radius 1 is 1.00 bits per heavy atom. The number of amides is 3. The zero-order chi connectivity index (χ0) is 21.3. The number of carbonyl (C=O) groups excluding carboxylic acids is 3. The number of piperazine rings is 1. The van der Waals surface area contributed by atoms with E-state index in [1.165, 1.54) is 21.5 Å². The lowest BCUT2D eigenvalue weighted by molar-refractivity contribution is -0.146. The molecule has 4 rings (SSSR count). The van der Waals surface area contributed by atoms with Crippen LogP contribution in [0.5, 0.6) is 0 Å². The molecule has 0 unspecified atom stereocenters. The van der Waals surface area contributed by atoms with Crippen molar-refractivity contribution in [3.05, 3.63) is 18.0 Å². The van der Waals surface area contributed by atoms with E-state index in [4.69, 9.17) is 0 Å². The van der Waals surface area contributed by atoms with Crippen molar-refractivity contribution in [3.63, 3.8) is 0 Å². The highest BCUT2D eigenvalue weighted by atomic mass is 32.2. The Hall–Kier alpha value is -2.05. The van der Waals surface area contributed by atoms with Gasteiger partial charge in [-0.25, -0.2) is 8.42 Å². The van der Waals surface area contributed by atoms with E-state index in [-0.39, 0.29) is 48.7 Å². The summed E-state index contributed by atoms with van der Waals surface area (Å²) in [4.78, 5) is 42.8. The van der Waals surface area contributed by atoms with Crippen LogP contribution in [0.25, 0.3) is 0 Å². The van der Waals surface area contributed by atoms with Crippen molar-refractivity contribution >= 4 is 39.5 Å². The van der Waals surface area contributed by atoms with E-state index in [1.54, 1.807) is 16.7 Å². The minimum absolute atomic E-state index is 0.0864. The molecule has 1 aliphatic carbocycles. The Morgan fingerprint density at radius 2 is 1.63 bits per heavy atom. The topological polar surface area (TPSA) is 123 Å². The number of nitrogens with zero attached hydrogens (tertiary/aromatic N) is 3. The van der Waals surface area contributed by atoms with Crippen molar-refractivity contribution in [1.29, 1.82) is 0 Å². The van der Waals surface area contributed by atoms with Crippen LogP contribution in [-0.4, -0.2) is 102 Å². The van der Waals surface area contributed by atoms with Crippen molar-refractivity contribution < 1.29 is 22.8 Å². The van der Waals surface area contributed by atoms with E-state index in [0.717, 1.165) is 24.3 Å². The monoisotopic (exact) mass is 455 g/mol. The quantitative estimate of drug-likeness (QED) is 0.580. The fraction of sp³-hybridized carbons (Fsp3) is 0.611. The van der Waals surface area contributed by atoms with E-state index < -0.39 is 21.8 Å². The first-order chi connectivity index (χ1) is 14.4. The molecule has 0 bridgehead atoms. The molecular weight excluding hydrogens is 430 g/mol.